The third-order valence-electron chi connectivity index (χ3n) is 3.31. The highest BCUT2D eigenvalue weighted by molar-refractivity contribution is 6.16. The van der Waals surface area contributed by atoms with Gasteiger partial charge >= 0.3 is 0 Å². The van der Waals surface area contributed by atoms with Crippen LogP contribution < -0.4 is 0 Å². The van der Waals surface area contributed by atoms with Crippen molar-refractivity contribution < 1.29 is 0 Å². The zero-order valence-corrected chi connectivity index (χ0v) is 10.2. The lowest BCUT2D eigenvalue weighted by Gasteiger charge is -2.10. The van der Waals surface area contributed by atoms with Gasteiger partial charge in [-0.25, -0.2) is 9.97 Å². The highest BCUT2D eigenvalue weighted by Gasteiger charge is 2.25. The van der Waals surface area contributed by atoms with E-state index in [1.807, 2.05) is 6.07 Å². The minimum atomic E-state index is 0.342. The summed E-state index contributed by atoms with van der Waals surface area (Å²) in [7, 11) is 0. The Morgan fingerprint density at radius 1 is 1.24 bits per heavy atom. The maximum atomic E-state index is 5.82. The molecule has 1 unspecified atom stereocenters. The van der Waals surface area contributed by atoms with Crippen molar-refractivity contribution in [2.24, 2.45) is 0 Å². The average Bonchev–Trinajstić information content (AvgIpc) is 2.82. The van der Waals surface area contributed by atoms with Crippen molar-refractivity contribution in [3.05, 3.63) is 59.2 Å². The molecule has 1 aromatic carbocycles. The first-order valence-corrected chi connectivity index (χ1v) is 6.37. The van der Waals surface area contributed by atoms with Crippen LogP contribution in [0.5, 0.6) is 0 Å². The van der Waals surface area contributed by atoms with Crippen molar-refractivity contribution in [1.82, 2.24) is 9.97 Å². The van der Waals surface area contributed by atoms with E-state index in [4.69, 9.17) is 11.6 Å². The quantitative estimate of drug-likeness (QED) is 0.758. The van der Waals surface area contributed by atoms with Gasteiger partial charge in [0.15, 0.2) is 0 Å². The molecule has 0 saturated heterocycles. The van der Waals surface area contributed by atoms with Crippen molar-refractivity contribution >= 4 is 11.6 Å². The summed E-state index contributed by atoms with van der Waals surface area (Å²) in [5.41, 5.74) is 3.71. The van der Waals surface area contributed by atoms with Crippen molar-refractivity contribution in [3.63, 3.8) is 0 Å². The summed E-state index contributed by atoms with van der Waals surface area (Å²) < 4.78 is 0. The molecular formula is C14H13ClN2. The van der Waals surface area contributed by atoms with E-state index in [1.54, 1.807) is 6.20 Å². The molecule has 0 spiro atoms. The summed E-state index contributed by atoms with van der Waals surface area (Å²) in [5.74, 6) is 1.70. The third kappa shape index (κ3) is 1.93. The van der Waals surface area contributed by atoms with Crippen LogP contribution in [0.25, 0.3) is 0 Å². The molecule has 0 aliphatic heterocycles. The molecule has 0 N–H and O–H groups in total. The molecule has 2 nitrogen and oxygen atoms in total. The molecular weight excluding hydrogens is 232 g/mol. The minimum absolute atomic E-state index is 0.342. The highest BCUT2D eigenvalue weighted by Crippen LogP contribution is 2.36. The first-order valence-electron chi connectivity index (χ1n) is 5.84. The number of fused-ring (bicyclic) bond motifs is 1. The Kier molecular flexibility index (Phi) is 2.81. The van der Waals surface area contributed by atoms with E-state index in [0.717, 1.165) is 24.4 Å². The van der Waals surface area contributed by atoms with E-state index in [9.17, 15) is 0 Å². The largest absolute Gasteiger partial charge is 0.241 e. The Morgan fingerprint density at radius 2 is 2.12 bits per heavy atom. The molecule has 1 aromatic heterocycles. The average molecular weight is 245 g/mol. The van der Waals surface area contributed by atoms with Crippen LogP contribution >= 0.6 is 11.6 Å². The summed E-state index contributed by atoms with van der Waals surface area (Å²) >= 11 is 5.82. The first kappa shape index (κ1) is 10.7. The van der Waals surface area contributed by atoms with Gasteiger partial charge in [0.25, 0.3) is 0 Å². The smallest absolute Gasteiger partial charge is 0.136 e. The van der Waals surface area contributed by atoms with Gasteiger partial charge in [-0.2, -0.15) is 0 Å². The zero-order valence-electron chi connectivity index (χ0n) is 9.44. The van der Waals surface area contributed by atoms with Crippen LogP contribution in [0.2, 0.25) is 0 Å². The predicted molar refractivity (Wildman–Crippen MR) is 68.2 cm³/mol. The molecule has 0 saturated carbocycles. The van der Waals surface area contributed by atoms with Gasteiger partial charge in [-0.15, -0.1) is 11.6 Å². The van der Waals surface area contributed by atoms with E-state index in [2.05, 4.69) is 34.2 Å². The number of benzene rings is 1. The van der Waals surface area contributed by atoms with Gasteiger partial charge in [-0.1, -0.05) is 24.3 Å². The van der Waals surface area contributed by atoms with Crippen molar-refractivity contribution in [1.29, 1.82) is 0 Å². The SMILES string of the molecule is ClCc1ccnc(C2CCc3ccccc32)n1. The number of nitrogens with zero attached hydrogens (tertiary/aromatic N) is 2. The number of alkyl halides is 1. The van der Waals surface area contributed by atoms with Crippen LogP contribution in [-0.2, 0) is 12.3 Å². The summed E-state index contributed by atoms with van der Waals surface area (Å²) in [4.78, 5) is 8.93. The molecule has 1 aliphatic rings. The second-order valence-electron chi connectivity index (χ2n) is 4.33. The number of hydrogen-bond acceptors (Lipinski definition) is 2. The summed E-state index contributed by atoms with van der Waals surface area (Å²) in [5, 5.41) is 0. The summed E-state index contributed by atoms with van der Waals surface area (Å²) in [6, 6.07) is 10.4. The first-order chi connectivity index (χ1) is 8.38. The molecule has 0 fully saturated rings. The molecule has 0 radical (unpaired) electrons. The van der Waals surface area contributed by atoms with E-state index >= 15 is 0 Å². The fourth-order valence-corrected chi connectivity index (χ4v) is 2.63. The van der Waals surface area contributed by atoms with Crippen LogP contribution in [0, 0.1) is 0 Å². The number of halogens is 1. The molecule has 1 heterocycles. The van der Waals surface area contributed by atoms with E-state index in [-0.39, 0.29) is 0 Å². The summed E-state index contributed by atoms with van der Waals surface area (Å²) in [6.07, 6.45) is 4.03. The van der Waals surface area contributed by atoms with E-state index in [0.29, 0.717) is 11.8 Å². The molecule has 1 aliphatic carbocycles. The topological polar surface area (TPSA) is 25.8 Å². The Balaban J connectivity index is 2.01. The molecule has 86 valence electrons. The number of aryl methyl sites for hydroxylation is 1. The maximum absolute atomic E-state index is 5.82. The van der Waals surface area contributed by atoms with E-state index < -0.39 is 0 Å². The Morgan fingerprint density at radius 3 is 3.00 bits per heavy atom. The third-order valence-corrected chi connectivity index (χ3v) is 3.59. The van der Waals surface area contributed by atoms with Gasteiger partial charge < -0.3 is 0 Å². The number of rotatable bonds is 2. The molecule has 3 rings (SSSR count). The Hall–Kier alpha value is -1.41. The highest BCUT2D eigenvalue weighted by atomic mass is 35.5. The van der Waals surface area contributed by atoms with Crippen LogP contribution in [0.15, 0.2) is 36.5 Å². The van der Waals surface area contributed by atoms with E-state index in [1.165, 1.54) is 11.1 Å². The second kappa shape index (κ2) is 4.46. The fraction of sp³-hybridized carbons (Fsp3) is 0.286. The van der Waals surface area contributed by atoms with Gasteiger partial charge in [0.1, 0.15) is 5.82 Å². The van der Waals surface area contributed by atoms with Gasteiger partial charge in [0, 0.05) is 12.1 Å². The van der Waals surface area contributed by atoms with Gasteiger partial charge in [0.05, 0.1) is 11.6 Å². The normalized spacial score (nSPS) is 18.1. The standard InChI is InChI=1S/C14H13ClN2/c15-9-11-7-8-16-14(17-11)13-6-5-10-3-1-2-4-12(10)13/h1-4,7-8,13H,5-6,9H2. The lowest BCUT2D eigenvalue weighted by molar-refractivity contribution is 0.722. The number of hydrogen-bond donors (Lipinski definition) is 0. The lowest BCUT2D eigenvalue weighted by Crippen LogP contribution is -2.04. The molecule has 1 atom stereocenters. The van der Waals surface area contributed by atoms with Crippen LogP contribution in [0.3, 0.4) is 0 Å². The molecule has 2 aromatic rings. The molecule has 3 heteroatoms. The van der Waals surface area contributed by atoms with Crippen molar-refractivity contribution in [2.75, 3.05) is 0 Å². The van der Waals surface area contributed by atoms with Gasteiger partial charge in [-0.05, 0) is 30.0 Å². The molecule has 0 bridgehead atoms. The van der Waals surface area contributed by atoms with Crippen molar-refractivity contribution in [2.45, 2.75) is 24.6 Å². The van der Waals surface area contributed by atoms with Gasteiger partial charge in [-0.3, -0.25) is 0 Å². The fourth-order valence-electron chi connectivity index (χ4n) is 2.48. The molecule has 0 amide bonds. The molecule has 17 heavy (non-hydrogen) atoms. The van der Waals surface area contributed by atoms with Crippen LogP contribution in [-0.4, -0.2) is 9.97 Å². The van der Waals surface area contributed by atoms with Crippen molar-refractivity contribution in [3.8, 4) is 0 Å². The van der Waals surface area contributed by atoms with Crippen LogP contribution in [0.4, 0.5) is 0 Å². The summed E-state index contributed by atoms with van der Waals surface area (Å²) in [6.45, 7) is 0. The minimum Gasteiger partial charge on any atom is -0.241 e. The van der Waals surface area contributed by atoms with Crippen LogP contribution in [0.1, 0.15) is 35.0 Å². The number of aromatic nitrogens is 2. The second-order valence-corrected chi connectivity index (χ2v) is 4.60. The monoisotopic (exact) mass is 244 g/mol. The Labute approximate surface area is 106 Å². The zero-order chi connectivity index (χ0) is 11.7. The maximum Gasteiger partial charge on any atom is 0.136 e. The Bertz CT molecular complexity index is 539. The predicted octanol–water partition coefficient (Wildman–Crippen LogP) is 3.29. The lowest BCUT2D eigenvalue weighted by atomic mass is 10.0. The van der Waals surface area contributed by atoms with Gasteiger partial charge in [0.2, 0.25) is 0 Å².